The van der Waals surface area contributed by atoms with E-state index < -0.39 is 11.9 Å². The Morgan fingerprint density at radius 2 is 2.40 bits per heavy atom. The van der Waals surface area contributed by atoms with Crippen molar-refractivity contribution >= 4 is 5.78 Å². The first-order valence-corrected chi connectivity index (χ1v) is 3.14. The lowest BCUT2D eigenvalue weighted by atomic mass is 10.1. The van der Waals surface area contributed by atoms with Crippen LogP contribution in [0.25, 0.3) is 0 Å². The zero-order valence-corrected chi connectivity index (χ0v) is 6.00. The first kappa shape index (κ1) is 7.44. The van der Waals surface area contributed by atoms with Gasteiger partial charge in [0, 0.05) is 0 Å². The summed E-state index contributed by atoms with van der Waals surface area (Å²) in [6, 6.07) is 0. The van der Waals surface area contributed by atoms with E-state index in [-0.39, 0.29) is 5.78 Å². The molecule has 56 valence electrons. The van der Waals surface area contributed by atoms with Crippen LogP contribution in [0.4, 0.5) is 0 Å². The van der Waals surface area contributed by atoms with Gasteiger partial charge in [-0.2, -0.15) is 0 Å². The topological polar surface area (TPSA) is 46.5 Å². The van der Waals surface area contributed by atoms with Crippen molar-refractivity contribution in [2.75, 3.05) is 0 Å². The second-order valence-corrected chi connectivity index (χ2v) is 2.55. The molecule has 1 rings (SSSR count). The van der Waals surface area contributed by atoms with Gasteiger partial charge in [0.2, 0.25) is 0 Å². The molecule has 0 fully saturated rings. The Balaban J connectivity index is 2.78. The molecule has 0 aromatic carbocycles. The van der Waals surface area contributed by atoms with Crippen LogP contribution in [0.15, 0.2) is 12.2 Å². The monoisotopic (exact) mass is 142 g/mol. The minimum absolute atomic E-state index is 0.105. The molecule has 0 saturated heterocycles. The molecular weight excluding hydrogens is 132 g/mol. The zero-order valence-electron chi connectivity index (χ0n) is 6.00. The molecule has 0 amide bonds. The van der Waals surface area contributed by atoms with Gasteiger partial charge in [-0.05, 0) is 26.0 Å². The summed E-state index contributed by atoms with van der Waals surface area (Å²) in [4.78, 5) is 10.8. The van der Waals surface area contributed by atoms with E-state index in [1.54, 1.807) is 6.92 Å². The van der Waals surface area contributed by atoms with Crippen LogP contribution in [0.1, 0.15) is 13.8 Å². The van der Waals surface area contributed by atoms with E-state index in [0.29, 0.717) is 0 Å². The lowest BCUT2D eigenvalue weighted by Gasteiger charge is -2.26. The maximum Gasteiger partial charge on any atom is 0.184 e. The summed E-state index contributed by atoms with van der Waals surface area (Å²) < 4.78 is 4.91. The van der Waals surface area contributed by atoms with Crippen molar-refractivity contribution in [1.82, 2.24) is 0 Å². The van der Waals surface area contributed by atoms with Gasteiger partial charge in [-0.1, -0.05) is 0 Å². The standard InChI is InChI=1S/C7H10O3/c1-5-6(8)3-4-7(2,9)10-5/h3-5,9H,1-2H3. The van der Waals surface area contributed by atoms with Crippen LogP contribution in [0, 0.1) is 0 Å². The third kappa shape index (κ3) is 1.43. The van der Waals surface area contributed by atoms with Crippen LogP contribution < -0.4 is 0 Å². The molecule has 0 aromatic heterocycles. The van der Waals surface area contributed by atoms with E-state index in [0.717, 1.165) is 0 Å². The molecule has 10 heavy (non-hydrogen) atoms. The Hall–Kier alpha value is -0.670. The molecule has 0 spiro atoms. The number of hydrogen-bond acceptors (Lipinski definition) is 3. The molecule has 2 unspecified atom stereocenters. The van der Waals surface area contributed by atoms with Gasteiger partial charge in [-0.3, -0.25) is 4.79 Å². The van der Waals surface area contributed by atoms with Gasteiger partial charge in [0.25, 0.3) is 0 Å². The highest BCUT2D eigenvalue weighted by molar-refractivity contribution is 5.94. The molecule has 1 N–H and O–H groups in total. The predicted molar refractivity (Wildman–Crippen MR) is 35.3 cm³/mol. The molecule has 0 radical (unpaired) electrons. The minimum Gasteiger partial charge on any atom is -0.362 e. The van der Waals surface area contributed by atoms with E-state index in [1.165, 1.54) is 19.1 Å². The zero-order chi connectivity index (χ0) is 7.78. The van der Waals surface area contributed by atoms with Gasteiger partial charge >= 0.3 is 0 Å². The molecule has 3 nitrogen and oxygen atoms in total. The second kappa shape index (κ2) is 2.18. The molecule has 0 aromatic rings. The molecule has 1 aliphatic rings. The van der Waals surface area contributed by atoms with Crippen molar-refractivity contribution in [2.45, 2.75) is 25.7 Å². The predicted octanol–water partition coefficient (Wildman–Crippen LogP) is 0.239. The van der Waals surface area contributed by atoms with Crippen molar-refractivity contribution in [1.29, 1.82) is 0 Å². The molecule has 1 heterocycles. The molecular formula is C7H10O3. The molecule has 1 aliphatic heterocycles. The van der Waals surface area contributed by atoms with Gasteiger partial charge in [-0.25, -0.2) is 0 Å². The Bertz CT molecular complexity index is 181. The largest absolute Gasteiger partial charge is 0.362 e. The van der Waals surface area contributed by atoms with Crippen LogP contribution in [0.2, 0.25) is 0 Å². The summed E-state index contributed by atoms with van der Waals surface area (Å²) in [6.45, 7) is 3.10. The van der Waals surface area contributed by atoms with E-state index in [4.69, 9.17) is 4.74 Å². The highest BCUT2D eigenvalue weighted by atomic mass is 16.6. The number of hydrogen-bond donors (Lipinski definition) is 1. The van der Waals surface area contributed by atoms with Gasteiger partial charge in [0.1, 0.15) is 6.10 Å². The van der Waals surface area contributed by atoms with Gasteiger partial charge in [0.15, 0.2) is 11.6 Å². The maximum absolute atomic E-state index is 10.8. The fourth-order valence-corrected chi connectivity index (χ4v) is 0.828. The fourth-order valence-electron chi connectivity index (χ4n) is 0.828. The lowest BCUT2D eigenvalue weighted by molar-refractivity contribution is -0.188. The molecule has 2 atom stereocenters. The van der Waals surface area contributed by atoms with E-state index in [2.05, 4.69) is 0 Å². The first-order valence-electron chi connectivity index (χ1n) is 3.14. The normalized spacial score (nSPS) is 40.3. The van der Waals surface area contributed by atoms with Gasteiger partial charge in [0.05, 0.1) is 0 Å². The highest BCUT2D eigenvalue weighted by Gasteiger charge is 2.28. The summed E-state index contributed by atoms with van der Waals surface area (Å²) in [6.07, 6.45) is 2.16. The minimum atomic E-state index is -1.27. The second-order valence-electron chi connectivity index (χ2n) is 2.55. The van der Waals surface area contributed by atoms with Gasteiger partial charge < -0.3 is 9.84 Å². The van der Waals surface area contributed by atoms with E-state index >= 15 is 0 Å². The Morgan fingerprint density at radius 1 is 1.80 bits per heavy atom. The summed E-state index contributed by atoms with van der Waals surface area (Å²) in [7, 11) is 0. The smallest absolute Gasteiger partial charge is 0.184 e. The third-order valence-electron chi connectivity index (χ3n) is 1.37. The number of aliphatic hydroxyl groups is 1. The Labute approximate surface area is 59.3 Å². The molecule has 0 saturated carbocycles. The highest BCUT2D eigenvalue weighted by Crippen LogP contribution is 2.16. The van der Waals surface area contributed by atoms with Crippen LogP contribution in [0.3, 0.4) is 0 Å². The number of rotatable bonds is 0. The molecule has 0 bridgehead atoms. The lowest BCUT2D eigenvalue weighted by Crippen LogP contribution is -2.37. The SMILES string of the molecule is CC1OC(C)(O)C=CC1=O. The quantitative estimate of drug-likeness (QED) is 0.527. The average molecular weight is 142 g/mol. The van der Waals surface area contributed by atoms with Crippen LogP contribution in [0.5, 0.6) is 0 Å². The van der Waals surface area contributed by atoms with Crippen molar-refractivity contribution in [3.8, 4) is 0 Å². The Morgan fingerprint density at radius 3 is 2.80 bits per heavy atom. The van der Waals surface area contributed by atoms with Crippen LogP contribution in [-0.2, 0) is 9.53 Å². The summed E-state index contributed by atoms with van der Waals surface area (Å²) in [5, 5.41) is 9.20. The van der Waals surface area contributed by atoms with Crippen LogP contribution in [-0.4, -0.2) is 22.8 Å². The number of ketones is 1. The van der Waals surface area contributed by atoms with Gasteiger partial charge in [-0.15, -0.1) is 0 Å². The van der Waals surface area contributed by atoms with E-state index in [9.17, 15) is 9.90 Å². The molecule has 3 heteroatoms. The number of carbonyl (C=O) groups excluding carboxylic acids is 1. The Kier molecular flexibility index (Phi) is 1.62. The van der Waals surface area contributed by atoms with E-state index in [1.807, 2.05) is 0 Å². The fraction of sp³-hybridized carbons (Fsp3) is 0.571. The van der Waals surface area contributed by atoms with Crippen molar-refractivity contribution < 1.29 is 14.6 Å². The molecule has 0 aliphatic carbocycles. The van der Waals surface area contributed by atoms with Crippen molar-refractivity contribution in [2.24, 2.45) is 0 Å². The average Bonchev–Trinajstić information content (AvgIpc) is 1.79. The maximum atomic E-state index is 10.8. The number of ether oxygens (including phenoxy) is 1. The summed E-state index contributed by atoms with van der Waals surface area (Å²) >= 11 is 0. The summed E-state index contributed by atoms with van der Waals surface area (Å²) in [5.41, 5.74) is 0. The third-order valence-corrected chi connectivity index (χ3v) is 1.37. The van der Waals surface area contributed by atoms with Crippen LogP contribution >= 0.6 is 0 Å². The summed E-state index contributed by atoms with van der Waals surface area (Å²) in [5.74, 6) is -1.38. The number of carbonyl (C=O) groups is 1. The first-order chi connectivity index (χ1) is 4.51. The van der Waals surface area contributed by atoms with Crippen molar-refractivity contribution in [3.63, 3.8) is 0 Å². The van der Waals surface area contributed by atoms with Crippen molar-refractivity contribution in [3.05, 3.63) is 12.2 Å².